The van der Waals surface area contributed by atoms with Crippen molar-refractivity contribution in [2.75, 3.05) is 33.3 Å². The first-order chi connectivity index (χ1) is 17.5. The molecule has 0 spiro atoms. The van der Waals surface area contributed by atoms with Crippen molar-refractivity contribution >= 4 is 17.7 Å². The van der Waals surface area contributed by atoms with Crippen LogP contribution in [0.3, 0.4) is 0 Å². The number of hydrogen-bond donors (Lipinski definition) is 0. The maximum atomic E-state index is 14.5. The number of ether oxygens (including phenoxy) is 1. The van der Waals surface area contributed by atoms with Crippen molar-refractivity contribution in [1.29, 1.82) is 0 Å². The summed E-state index contributed by atoms with van der Waals surface area (Å²) < 4.78 is 35.6. The van der Waals surface area contributed by atoms with E-state index in [2.05, 4.69) is 28.2 Å². The van der Waals surface area contributed by atoms with Gasteiger partial charge in [0.25, 0.3) is 0 Å². The molecule has 0 radical (unpaired) electrons. The van der Waals surface area contributed by atoms with E-state index in [1.54, 1.807) is 0 Å². The summed E-state index contributed by atoms with van der Waals surface area (Å²) in [7, 11) is 2.06. The van der Waals surface area contributed by atoms with Crippen LogP contribution in [-0.4, -0.2) is 64.3 Å². The fourth-order valence-corrected chi connectivity index (χ4v) is 6.11. The lowest BCUT2D eigenvalue weighted by Gasteiger charge is -2.38. The van der Waals surface area contributed by atoms with Gasteiger partial charge in [0.15, 0.2) is 5.82 Å². The second-order valence-corrected chi connectivity index (χ2v) is 10.1. The van der Waals surface area contributed by atoms with E-state index in [1.807, 2.05) is 23.1 Å². The Hall–Kier alpha value is -3.63. The van der Waals surface area contributed by atoms with Crippen molar-refractivity contribution in [2.24, 2.45) is 0 Å². The van der Waals surface area contributed by atoms with Gasteiger partial charge >= 0.3 is 0 Å². The van der Waals surface area contributed by atoms with Gasteiger partial charge in [-0.1, -0.05) is 6.07 Å². The molecule has 1 amide bonds. The predicted molar refractivity (Wildman–Crippen MR) is 132 cm³/mol. The van der Waals surface area contributed by atoms with Crippen molar-refractivity contribution in [1.82, 2.24) is 24.6 Å². The van der Waals surface area contributed by atoms with Gasteiger partial charge in [0.1, 0.15) is 23.7 Å². The van der Waals surface area contributed by atoms with Crippen molar-refractivity contribution in [3.05, 3.63) is 71.6 Å². The molecule has 7 nitrogen and oxygen atoms in total. The van der Waals surface area contributed by atoms with E-state index in [0.717, 1.165) is 57.8 Å². The molecule has 36 heavy (non-hydrogen) atoms. The summed E-state index contributed by atoms with van der Waals surface area (Å²) in [5.74, 6) is -0.0508. The first-order valence-electron chi connectivity index (χ1n) is 11.7. The Kier molecular flexibility index (Phi) is 5.77. The summed E-state index contributed by atoms with van der Waals surface area (Å²) in [6.07, 6.45) is 3.07. The summed E-state index contributed by atoms with van der Waals surface area (Å²) in [5, 5.41) is 8.25. The quantitative estimate of drug-likeness (QED) is 0.385. The smallest absolute Gasteiger partial charge is 0.210 e. The van der Waals surface area contributed by atoms with Gasteiger partial charge in [0.05, 0.1) is 23.2 Å². The minimum Gasteiger partial charge on any atom is -0.493 e. The van der Waals surface area contributed by atoms with Crippen LogP contribution in [0.4, 0.5) is 8.78 Å². The molecule has 0 saturated carbocycles. The number of fused-ring (bicyclic) bond motifs is 3. The number of piperazine rings is 1. The lowest BCUT2D eigenvalue weighted by molar-refractivity contribution is -0.122. The number of aromatic nitrogens is 3. The highest BCUT2D eigenvalue weighted by Crippen LogP contribution is 2.45. The number of halogens is 2. The second kappa shape index (κ2) is 9.11. The summed E-state index contributed by atoms with van der Waals surface area (Å²) in [6, 6.07) is 11.6. The van der Waals surface area contributed by atoms with E-state index in [0.29, 0.717) is 25.4 Å². The molecule has 10 heteroatoms. The molecule has 1 fully saturated rings. The standard InChI is InChI=1S/C26H23F2N5O2S/c1-31-7-8-32(15-34)22(13-31)16-2-5-23-19(10-16)25-17(6-9-35-23)11-24(36-25)26-30-29-14-33(26)21-4-3-18(27)12-20(21)28/h2-5,10-12,14-15,22H,6-9,13H2,1H3. The minimum atomic E-state index is -0.685. The largest absolute Gasteiger partial charge is 0.493 e. The van der Waals surface area contributed by atoms with Crippen LogP contribution < -0.4 is 4.74 Å². The molecule has 2 aromatic carbocycles. The number of amides is 1. The molecular weight excluding hydrogens is 484 g/mol. The highest BCUT2D eigenvalue weighted by molar-refractivity contribution is 7.19. The van der Waals surface area contributed by atoms with Crippen LogP contribution in [0.15, 0.2) is 48.8 Å². The molecule has 2 aliphatic heterocycles. The van der Waals surface area contributed by atoms with E-state index in [9.17, 15) is 13.6 Å². The fraction of sp³-hybridized carbons (Fsp3) is 0.269. The normalized spacial score (nSPS) is 17.8. The zero-order chi connectivity index (χ0) is 24.8. The molecule has 1 unspecified atom stereocenters. The number of likely N-dealkylation sites (N-methyl/N-ethyl adjacent to an activating group) is 1. The van der Waals surface area contributed by atoms with Crippen LogP contribution in [0, 0.1) is 11.6 Å². The van der Waals surface area contributed by atoms with Gasteiger partial charge in [0.2, 0.25) is 6.41 Å². The van der Waals surface area contributed by atoms with Crippen LogP contribution in [-0.2, 0) is 11.2 Å². The van der Waals surface area contributed by atoms with Crippen LogP contribution in [0.25, 0.3) is 26.8 Å². The lowest BCUT2D eigenvalue weighted by Crippen LogP contribution is -2.46. The number of thiophene rings is 1. The molecule has 0 bridgehead atoms. The van der Waals surface area contributed by atoms with Crippen LogP contribution >= 0.6 is 11.3 Å². The highest BCUT2D eigenvalue weighted by atomic mass is 32.1. The number of carbonyl (C=O) groups is 1. The molecule has 0 aliphatic carbocycles. The average molecular weight is 508 g/mol. The third-order valence-corrected chi connectivity index (χ3v) is 7.98. The molecule has 4 aromatic rings. The zero-order valence-corrected chi connectivity index (χ0v) is 20.3. The Morgan fingerprint density at radius 2 is 2.03 bits per heavy atom. The summed E-state index contributed by atoms with van der Waals surface area (Å²) >= 11 is 1.54. The Labute approximate surface area is 210 Å². The maximum Gasteiger partial charge on any atom is 0.210 e. The number of benzene rings is 2. The Balaban J connectivity index is 1.42. The lowest BCUT2D eigenvalue weighted by atomic mass is 9.98. The van der Waals surface area contributed by atoms with Crippen LogP contribution in [0.5, 0.6) is 5.75 Å². The molecule has 0 N–H and O–H groups in total. The molecule has 1 atom stereocenters. The van der Waals surface area contributed by atoms with Gasteiger partial charge < -0.3 is 14.5 Å². The molecule has 6 rings (SSSR count). The highest BCUT2D eigenvalue weighted by Gasteiger charge is 2.28. The molecule has 2 aliphatic rings. The summed E-state index contributed by atoms with van der Waals surface area (Å²) in [6.45, 7) is 2.81. The summed E-state index contributed by atoms with van der Waals surface area (Å²) in [5.41, 5.74) is 3.30. The second-order valence-electron chi connectivity index (χ2n) is 9.06. The van der Waals surface area contributed by atoms with Crippen molar-refractivity contribution in [2.45, 2.75) is 12.5 Å². The fourth-order valence-electron chi connectivity index (χ4n) is 4.89. The first kappa shape index (κ1) is 22.8. The van der Waals surface area contributed by atoms with Crippen molar-refractivity contribution in [3.63, 3.8) is 0 Å². The average Bonchev–Trinajstić information content (AvgIpc) is 3.48. The minimum absolute atomic E-state index is 0.0396. The van der Waals surface area contributed by atoms with E-state index in [1.165, 1.54) is 34.4 Å². The van der Waals surface area contributed by atoms with E-state index in [-0.39, 0.29) is 11.7 Å². The number of nitrogens with zero attached hydrogens (tertiary/aromatic N) is 5. The van der Waals surface area contributed by atoms with Gasteiger partial charge in [-0.2, -0.15) is 0 Å². The van der Waals surface area contributed by atoms with E-state index >= 15 is 0 Å². The molecule has 2 aromatic heterocycles. The first-order valence-corrected chi connectivity index (χ1v) is 12.5. The van der Waals surface area contributed by atoms with Gasteiger partial charge in [0, 0.05) is 42.6 Å². The van der Waals surface area contributed by atoms with Crippen LogP contribution in [0.1, 0.15) is 17.2 Å². The number of hydrogen-bond acceptors (Lipinski definition) is 6. The van der Waals surface area contributed by atoms with Crippen LogP contribution in [0.2, 0.25) is 0 Å². The van der Waals surface area contributed by atoms with Gasteiger partial charge in [-0.15, -0.1) is 21.5 Å². The van der Waals surface area contributed by atoms with Crippen molar-refractivity contribution < 1.29 is 18.3 Å². The monoisotopic (exact) mass is 507 g/mol. The topological polar surface area (TPSA) is 63.5 Å². The van der Waals surface area contributed by atoms with E-state index in [4.69, 9.17) is 4.74 Å². The predicted octanol–water partition coefficient (Wildman–Crippen LogP) is 4.32. The molecular formula is C26H23F2N5O2S. The summed E-state index contributed by atoms with van der Waals surface area (Å²) in [4.78, 5) is 17.7. The third kappa shape index (κ3) is 3.96. The molecule has 184 valence electrons. The Morgan fingerprint density at radius 1 is 1.14 bits per heavy atom. The maximum absolute atomic E-state index is 14.5. The van der Waals surface area contributed by atoms with Gasteiger partial charge in [-0.25, -0.2) is 8.78 Å². The molecule has 4 heterocycles. The van der Waals surface area contributed by atoms with Gasteiger partial charge in [-0.3, -0.25) is 9.36 Å². The number of carbonyl (C=O) groups excluding carboxylic acids is 1. The SMILES string of the molecule is CN1CCN(C=O)C(c2ccc3c(c2)-c2sc(-c4nncn4-c4ccc(F)cc4F)cc2CCO3)C1. The van der Waals surface area contributed by atoms with Gasteiger partial charge in [-0.05, 0) is 48.5 Å². The van der Waals surface area contributed by atoms with Crippen molar-refractivity contribution in [3.8, 4) is 32.6 Å². The third-order valence-electron chi connectivity index (χ3n) is 6.77. The Bertz CT molecular complexity index is 1450. The molecule has 1 saturated heterocycles. The van der Waals surface area contributed by atoms with E-state index < -0.39 is 11.6 Å². The zero-order valence-electron chi connectivity index (χ0n) is 19.5. The number of rotatable bonds is 4. The Morgan fingerprint density at radius 3 is 2.86 bits per heavy atom.